The van der Waals surface area contributed by atoms with E-state index in [4.69, 9.17) is 33.2 Å². The van der Waals surface area contributed by atoms with Crippen molar-refractivity contribution in [3.63, 3.8) is 0 Å². The highest BCUT2D eigenvalue weighted by molar-refractivity contribution is 7.99. The number of fused-ring (bicyclic) bond motifs is 6. The Bertz CT molecular complexity index is 7010. The predicted octanol–water partition coefficient (Wildman–Crippen LogP) is 19.0. The van der Waals surface area contributed by atoms with Gasteiger partial charge in [-0.15, -0.1) is 0 Å². The molecule has 12 aromatic heterocycles. The monoisotopic (exact) mass is 2080 g/mol. The standard InChI is InChI=1S/C17H19N3O3S.C17H19N3O2S.C16H14F3N3OS.C15H15N3O2S.C14H11N3O3S.C13H11N3S.5CH4.F2.5H2O.H2/c1-10-8-18-15(11(2)16(10)23-4)9-24(21)17-19-13-6-5-12(22-3)7-14(13)20-17;1-12-15(18-8-7-16(12)22-10-4-9-21)11-23-17-19-13-5-2-3-6-14(13)20-17;1-10-13(20-7-6-14(10)23-9-16(17,18)19)8-24-15-21-11-4-2-3-5-12(11)22-15;1-8-6-16-13(9(2)14(8)20)7-21-15-17-11-4-3-10(19)5-12(11)18-15;18-6-8-1-2-9-10(5-8)17-14(16-9)21-7-11-13(20)12(19)3-4-15-11;1-2-7-12-11(6-1)15-13(16-12)17-9-10-5-3-4-8-14-10;;;;;;1-2;;;;;;/h5-8H,9H2,1-4H3,(H,19,20);2-3,5-8,21H,4,9-11H2,1H3,(H,19,20);2-7H,8-9H2,1H3,(H,21,22);3-6,19H,7H2,1-2H3,(H,16,20)(H,17,18);1-6,20H,7H2,(H,15,19)(H,16,17);1-8H,9H2,(H,15,16);5*1H4;;5*1H2;1H. The molecule has 0 radical (unpaired) electrons. The third-order valence-corrected chi connectivity index (χ3v) is 25.3. The molecule has 6 aromatic carbocycles. The van der Waals surface area contributed by atoms with Gasteiger partial charge in [0.05, 0.1) is 132 Å². The highest BCUT2D eigenvalue weighted by Gasteiger charge is 2.29. The number of H-pyrrole nitrogens is 8. The van der Waals surface area contributed by atoms with Crippen LogP contribution in [0.4, 0.5) is 22.3 Å². The van der Waals surface area contributed by atoms with E-state index in [1.54, 1.807) is 107 Å². The zero-order valence-electron chi connectivity index (χ0n) is 74.6. The second-order valence-corrected chi connectivity index (χ2v) is 34.9. The van der Waals surface area contributed by atoms with Gasteiger partial charge < -0.3 is 102 Å². The lowest BCUT2D eigenvalue weighted by Gasteiger charge is -2.13. The highest BCUT2D eigenvalue weighted by atomic mass is 32.2. The lowest BCUT2D eigenvalue weighted by atomic mass is 10.1. The van der Waals surface area contributed by atoms with E-state index in [0.29, 0.717) is 63.1 Å². The van der Waals surface area contributed by atoms with E-state index in [1.165, 1.54) is 59.8 Å². The fraction of sp³-hybridized carbons (Fsp3) is 0.247. The van der Waals surface area contributed by atoms with E-state index in [-0.39, 0.29) is 101 Å². The van der Waals surface area contributed by atoms with Gasteiger partial charge >= 0.3 is 6.18 Å². The van der Waals surface area contributed by atoms with E-state index < -0.39 is 29.0 Å². The minimum atomic E-state index is -4.36. The minimum absolute atomic E-state index is 0. The van der Waals surface area contributed by atoms with E-state index in [1.807, 2.05) is 149 Å². The summed E-state index contributed by atoms with van der Waals surface area (Å²) >= 11 is 7.60. The first kappa shape index (κ1) is 124. The van der Waals surface area contributed by atoms with Crippen molar-refractivity contribution in [3.05, 3.63) is 295 Å². The summed E-state index contributed by atoms with van der Waals surface area (Å²) < 4.78 is 86.7. The molecule has 1 atom stereocenters. The Morgan fingerprint density at radius 2 is 0.937 bits per heavy atom. The molecule has 12 heterocycles. The molecule has 18 rings (SSSR count). The van der Waals surface area contributed by atoms with Crippen LogP contribution in [0, 0.1) is 41.5 Å². The number of aliphatic hydroxyl groups excluding tert-OH is 1. The van der Waals surface area contributed by atoms with Crippen molar-refractivity contribution in [1.82, 2.24) is 89.7 Å². The van der Waals surface area contributed by atoms with Crippen LogP contribution in [0.2, 0.25) is 0 Å². The van der Waals surface area contributed by atoms with Crippen molar-refractivity contribution >= 4 is 142 Å². The molecule has 21 N–H and O–H groups in total. The van der Waals surface area contributed by atoms with Crippen molar-refractivity contribution in [2.75, 3.05) is 34.0 Å². The maximum atomic E-state index is 12.7. The number of nitrogens with one attached hydrogen (secondary N) is 8. The van der Waals surface area contributed by atoms with E-state index in [0.717, 1.165) is 172 Å². The van der Waals surface area contributed by atoms with Gasteiger partial charge in [-0.3, -0.25) is 38.5 Å². The maximum absolute atomic E-state index is 12.7. The number of carbonyl (C=O) groups is 1. The molecule has 18 aromatic rings. The fourth-order valence-corrected chi connectivity index (χ4v) is 18.2. The number of aromatic hydroxyl groups is 2. The third kappa shape index (κ3) is 34.4. The number of pyridine rings is 6. The van der Waals surface area contributed by atoms with Crippen LogP contribution in [0.5, 0.6) is 34.5 Å². The molecule has 45 heteroatoms. The Hall–Kier alpha value is -13.6. The number of imidazole rings is 6. The van der Waals surface area contributed by atoms with Crippen LogP contribution in [-0.4, -0.2) is 183 Å². The first-order valence-corrected chi connectivity index (χ1v) is 46.6. The van der Waals surface area contributed by atoms with E-state index in [9.17, 15) is 42.0 Å². The van der Waals surface area contributed by atoms with Gasteiger partial charge in [-0.05, 0) is 145 Å². The number of aldehydes is 1. The number of thioether (sulfide) groups is 5. The van der Waals surface area contributed by atoms with Crippen molar-refractivity contribution in [2.45, 2.75) is 157 Å². The summed E-state index contributed by atoms with van der Waals surface area (Å²) in [4.78, 5) is 103. The molecule has 0 aliphatic heterocycles. The lowest BCUT2D eigenvalue weighted by molar-refractivity contribution is -0.153. The largest absolute Gasteiger partial charge is 0.508 e. The van der Waals surface area contributed by atoms with Crippen molar-refractivity contribution in [3.8, 4) is 34.5 Å². The van der Waals surface area contributed by atoms with Crippen LogP contribution in [0.1, 0.15) is 123 Å². The summed E-state index contributed by atoms with van der Waals surface area (Å²) in [5.41, 5.74) is 20.6. The van der Waals surface area contributed by atoms with Gasteiger partial charge in [-0.25, -0.2) is 29.9 Å². The molecule has 0 aliphatic carbocycles. The number of rotatable bonds is 27. The Balaban J connectivity index is 0.000000844. The summed E-state index contributed by atoms with van der Waals surface area (Å²) in [7, 11) is 1.91. The van der Waals surface area contributed by atoms with Gasteiger partial charge in [0, 0.05) is 152 Å². The predicted molar refractivity (Wildman–Crippen MR) is 561 cm³/mol. The van der Waals surface area contributed by atoms with Crippen LogP contribution in [0.3, 0.4) is 0 Å². The lowest BCUT2D eigenvalue weighted by Crippen LogP contribution is -2.19. The first-order chi connectivity index (χ1) is 63.9. The molecular formula is C97H121F5N18O16S6. The molecule has 0 saturated heterocycles. The number of benzene rings is 6. The zero-order chi connectivity index (χ0) is 93.8. The molecule has 0 spiro atoms. The maximum Gasteiger partial charge on any atom is 0.422 e. The number of phenolic OH excluding ortho intramolecular Hbond substituents is 1. The Morgan fingerprint density at radius 3 is 1.44 bits per heavy atom. The Kier molecular flexibility index (Phi) is 53.1. The number of alkyl halides is 3. The summed E-state index contributed by atoms with van der Waals surface area (Å²) in [6, 6.07) is 49.9. The van der Waals surface area contributed by atoms with Crippen LogP contribution >= 0.6 is 58.8 Å². The van der Waals surface area contributed by atoms with Gasteiger partial charge in [0.2, 0.25) is 5.43 Å². The number of methoxy groups -OCH3 is 2. The summed E-state index contributed by atoms with van der Waals surface area (Å²) in [6.45, 7) is 10.5. The summed E-state index contributed by atoms with van der Waals surface area (Å²) in [6.07, 6.45) is 7.04. The SMILES string of the molecule is C.C.C.C.C.COc1ccc2nc(S(=O)Cc3ncc(C)c(OC)c3C)[nH]c2c1.Cc1c(OCC(F)(F)F)ccnc1CSc1nc2ccccc2[nH]1.Cc1c(OCCCO)ccnc1CSc1nc2ccccc2[nH]1.Cc1c[nH]c(CSc2nc3ccc(O)cc3[nH]2)c(C)c1=O.FF.O.O.O.O.O.O=Cc1ccc2nc(SCc3[nH]ccc(=O)c3O)[nH]c2c1.[HH].c1ccc(CSc2nc3ccccc3[nH]2)nc1. The molecule has 0 bridgehead atoms. The normalized spacial score (nSPS) is 10.5. The molecule has 0 fully saturated rings. The number of halogens is 5. The number of aromatic nitrogens is 18. The van der Waals surface area contributed by atoms with Crippen LogP contribution < -0.4 is 29.8 Å². The highest BCUT2D eigenvalue weighted by Crippen LogP contribution is 2.34. The Labute approximate surface area is 840 Å². The van der Waals surface area contributed by atoms with Crippen LogP contribution in [0.25, 0.3) is 66.2 Å². The summed E-state index contributed by atoms with van der Waals surface area (Å²) in [5, 5.41) is 32.3. The second kappa shape index (κ2) is 60.5. The molecule has 34 nitrogen and oxygen atoms in total. The quantitative estimate of drug-likeness (QED) is 0.00985. The number of nitrogens with zero attached hydrogens (tertiary/aromatic N) is 10. The van der Waals surface area contributed by atoms with Gasteiger partial charge in [-0.2, -0.15) is 13.2 Å². The molecular weight excluding hydrogens is 1960 g/mol. The van der Waals surface area contributed by atoms with Crippen LogP contribution in [-0.2, 0) is 45.3 Å². The van der Waals surface area contributed by atoms with E-state index >= 15 is 0 Å². The number of phenols is 1. The number of ether oxygens (including phenoxy) is 4. The molecule has 766 valence electrons. The number of aryl methyl sites for hydroxylation is 2. The van der Waals surface area contributed by atoms with Gasteiger partial charge in [0.25, 0.3) is 0 Å². The van der Waals surface area contributed by atoms with Gasteiger partial charge in [0.15, 0.2) is 48.7 Å². The number of hydrogen-bond acceptors (Lipinski definition) is 26. The fourth-order valence-electron chi connectivity index (χ4n) is 12.7. The second-order valence-electron chi connectivity index (χ2n) is 28.7. The number of hydrogen-bond donors (Lipinski definition) is 11. The molecule has 0 aliphatic rings. The smallest absolute Gasteiger partial charge is 0.422 e. The number of aromatic amines is 8. The number of para-hydroxylation sites is 6. The topological polar surface area (TPSA) is 579 Å². The van der Waals surface area contributed by atoms with Crippen molar-refractivity contribution < 1.29 is 94.4 Å². The van der Waals surface area contributed by atoms with Gasteiger partial charge in [-0.1, -0.05) is 138 Å². The molecule has 0 saturated carbocycles. The number of aliphatic hydroxyl groups is 1. The first-order valence-electron chi connectivity index (χ1n) is 40.3. The van der Waals surface area contributed by atoms with Gasteiger partial charge in [0.1, 0.15) is 35.0 Å². The number of carbonyl (C=O) groups excluding carboxylic acids is 1. The van der Waals surface area contributed by atoms with E-state index in [2.05, 4.69) is 89.7 Å². The molecule has 1 unspecified atom stereocenters. The Morgan fingerprint density at radius 1 is 0.465 bits per heavy atom. The van der Waals surface area contributed by atoms with Crippen molar-refractivity contribution in [2.24, 2.45) is 0 Å². The average Bonchev–Trinajstić information content (AvgIpc) is 1.66. The zero-order valence-corrected chi connectivity index (χ0v) is 79.5. The minimum Gasteiger partial charge on any atom is -0.508 e. The summed E-state index contributed by atoms with van der Waals surface area (Å²) in [5.74, 6) is 5.80. The van der Waals surface area contributed by atoms with Crippen molar-refractivity contribution in [1.29, 1.82) is 0 Å². The average molecular weight is 2080 g/mol. The third-order valence-electron chi connectivity index (χ3n) is 19.6. The molecule has 142 heavy (non-hydrogen) atoms. The van der Waals surface area contributed by atoms with Crippen LogP contribution in [0.15, 0.2) is 242 Å². The molecule has 0 amide bonds.